The molecule has 2 aliphatic rings. The van der Waals surface area contributed by atoms with E-state index in [1.807, 2.05) is 0 Å². The van der Waals surface area contributed by atoms with Crippen LogP contribution in [0.25, 0.3) is 11.3 Å². The molecule has 3 heteroatoms. The molecule has 0 unspecified atom stereocenters. The molecule has 0 saturated heterocycles. The highest BCUT2D eigenvalue weighted by molar-refractivity contribution is 5.58. The number of aromatic amines is 1. The lowest BCUT2D eigenvalue weighted by atomic mass is 9.83. The zero-order valence-electron chi connectivity index (χ0n) is 15.9. The standard InChI is InChI=1S/C23H33N3/c1-4-10-18(11-5-1)16-24-22(20-14-8-3-9-15-20)23-25-17-21(26-23)19-12-6-2-7-13-19/h2,6-7,12-13,17-18,20,22,24H,1,3-5,8-11,14-16H2,(H,25,26)/t22-/m0/s1. The lowest BCUT2D eigenvalue weighted by Crippen LogP contribution is -2.34. The lowest BCUT2D eigenvalue weighted by Gasteiger charge is -2.32. The van der Waals surface area contributed by atoms with Crippen molar-refractivity contribution in [2.24, 2.45) is 11.8 Å². The van der Waals surface area contributed by atoms with Crippen molar-refractivity contribution in [1.29, 1.82) is 0 Å². The first-order valence-corrected chi connectivity index (χ1v) is 10.7. The van der Waals surface area contributed by atoms with Crippen molar-refractivity contribution in [1.82, 2.24) is 15.3 Å². The molecule has 1 aromatic heterocycles. The maximum Gasteiger partial charge on any atom is 0.124 e. The monoisotopic (exact) mass is 351 g/mol. The smallest absolute Gasteiger partial charge is 0.124 e. The molecule has 1 aromatic carbocycles. The zero-order valence-corrected chi connectivity index (χ0v) is 15.9. The van der Waals surface area contributed by atoms with Crippen LogP contribution in [0.3, 0.4) is 0 Å². The van der Waals surface area contributed by atoms with Crippen LogP contribution in [0.2, 0.25) is 0 Å². The van der Waals surface area contributed by atoms with E-state index in [2.05, 4.69) is 46.8 Å². The lowest BCUT2D eigenvalue weighted by molar-refractivity contribution is 0.242. The van der Waals surface area contributed by atoms with E-state index < -0.39 is 0 Å². The molecular formula is C23H33N3. The average molecular weight is 352 g/mol. The fraction of sp³-hybridized carbons (Fsp3) is 0.609. The highest BCUT2D eigenvalue weighted by Gasteiger charge is 2.28. The largest absolute Gasteiger partial charge is 0.347 e. The van der Waals surface area contributed by atoms with Gasteiger partial charge in [0.1, 0.15) is 5.82 Å². The van der Waals surface area contributed by atoms with Crippen LogP contribution in [0.15, 0.2) is 36.5 Å². The normalized spacial score (nSPS) is 20.9. The van der Waals surface area contributed by atoms with Gasteiger partial charge in [-0.1, -0.05) is 68.9 Å². The molecule has 0 aliphatic heterocycles. The molecule has 0 bridgehead atoms. The van der Waals surface area contributed by atoms with Crippen molar-refractivity contribution >= 4 is 0 Å². The summed E-state index contributed by atoms with van der Waals surface area (Å²) in [6, 6.07) is 10.9. The van der Waals surface area contributed by atoms with Crippen LogP contribution in [-0.4, -0.2) is 16.5 Å². The van der Waals surface area contributed by atoms with Gasteiger partial charge in [0.05, 0.1) is 11.7 Å². The van der Waals surface area contributed by atoms with Crippen molar-refractivity contribution in [3.8, 4) is 11.3 Å². The van der Waals surface area contributed by atoms with E-state index >= 15 is 0 Å². The molecule has 2 aliphatic carbocycles. The molecular weight excluding hydrogens is 318 g/mol. The van der Waals surface area contributed by atoms with Crippen LogP contribution in [0.1, 0.15) is 76.1 Å². The summed E-state index contributed by atoms with van der Waals surface area (Å²) >= 11 is 0. The summed E-state index contributed by atoms with van der Waals surface area (Å²) in [4.78, 5) is 8.52. The van der Waals surface area contributed by atoms with Gasteiger partial charge in [0, 0.05) is 11.8 Å². The Morgan fingerprint density at radius 3 is 2.35 bits per heavy atom. The highest BCUT2D eigenvalue weighted by Crippen LogP contribution is 2.35. The van der Waals surface area contributed by atoms with Gasteiger partial charge in [-0.05, 0) is 44.1 Å². The minimum Gasteiger partial charge on any atom is -0.347 e. The Morgan fingerprint density at radius 2 is 1.62 bits per heavy atom. The van der Waals surface area contributed by atoms with Crippen molar-refractivity contribution in [3.05, 3.63) is 42.4 Å². The minimum atomic E-state index is 0.384. The molecule has 26 heavy (non-hydrogen) atoms. The second kappa shape index (κ2) is 8.85. The topological polar surface area (TPSA) is 40.7 Å². The minimum absolute atomic E-state index is 0.384. The fourth-order valence-corrected chi connectivity index (χ4v) is 4.89. The third-order valence-electron chi connectivity index (χ3n) is 6.43. The Morgan fingerprint density at radius 1 is 0.923 bits per heavy atom. The average Bonchev–Trinajstić information content (AvgIpc) is 3.20. The van der Waals surface area contributed by atoms with Gasteiger partial charge in [-0.2, -0.15) is 0 Å². The summed E-state index contributed by atoms with van der Waals surface area (Å²) < 4.78 is 0. The van der Waals surface area contributed by atoms with E-state index in [4.69, 9.17) is 4.98 Å². The van der Waals surface area contributed by atoms with E-state index in [1.54, 1.807) is 0 Å². The van der Waals surface area contributed by atoms with Crippen molar-refractivity contribution in [2.75, 3.05) is 6.54 Å². The third-order valence-corrected chi connectivity index (χ3v) is 6.43. The van der Waals surface area contributed by atoms with Gasteiger partial charge in [0.25, 0.3) is 0 Å². The Bertz CT molecular complexity index is 651. The van der Waals surface area contributed by atoms with Crippen LogP contribution in [-0.2, 0) is 0 Å². The second-order valence-electron chi connectivity index (χ2n) is 8.33. The Balaban J connectivity index is 1.49. The van der Waals surface area contributed by atoms with Crippen molar-refractivity contribution in [3.63, 3.8) is 0 Å². The number of aromatic nitrogens is 2. The summed E-state index contributed by atoms with van der Waals surface area (Å²) in [5, 5.41) is 3.95. The van der Waals surface area contributed by atoms with E-state index in [-0.39, 0.29) is 0 Å². The molecule has 0 amide bonds. The molecule has 1 atom stereocenters. The second-order valence-corrected chi connectivity index (χ2v) is 8.33. The van der Waals surface area contributed by atoms with E-state index in [9.17, 15) is 0 Å². The molecule has 1 heterocycles. The molecule has 4 rings (SSSR count). The number of nitrogens with one attached hydrogen (secondary N) is 2. The fourth-order valence-electron chi connectivity index (χ4n) is 4.89. The van der Waals surface area contributed by atoms with Crippen LogP contribution in [0.5, 0.6) is 0 Å². The van der Waals surface area contributed by atoms with Gasteiger partial charge in [-0.3, -0.25) is 0 Å². The molecule has 0 radical (unpaired) electrons. The molecule has 2 N–H and O–H groups in total. The Hall–Kier alpha value is -1.61. The van der Waals surface area contributed by atoms with Gasteiger partial charge in [0.2, 0.25) is 0 Å². The first-order chi connectivity index (χ1) is 12.9. The van der Waals surface area contributed by atoms with Gasteiger partial charge in [0.15, 0.2) is 0 Å². The quantitative estimate of drug-likeness (QED) is 0.683. The van der Waals surface area contributed by atoms with Crippen molar-refractivity contribution < 1.29 is 0 Å². The highest BCUT2D eigenvalue weighted by atomic mass is 15.0. The number of benzene rings is 1. The number of hydrogen-bond acceptors (Lipinski definition) is 2. The van der Waals surface area contributed by atoms with E-state index in [1.165, 1.54) is 69.8 Å². The third kappa shape index (κ3) is 4.37. The predicted molar refractivity (Wildman–Crippen MR) is 108 cm³/mol. The summed E-state index contributed by atoms with van der Waals surface area (Å²) in [5.74, 6) is 2.73. The van der Waals surface area contributed by atoms with E-state index in [0.717, 1.165) is 29.9 Å². The summed E-state index contributed by atoms with van der Waals surface area (Å²) in [6.45, 7) is 1.16. The van der Waals surface area contributed by atoms with Crippen LogP contribution < -0.4 is 5.32 Å². The van der Waals surface area contributed by atoms with Crippen LogP contribution >= 0.6 is 0 Å². The van der Waals surface area contributed by atoms with Gasteiger partial charge >= 0.3 is 0 Å². The van der Waals surface area contributed by atoms with Crippen LogP contribution in [0, 0.1) is 11.8 Å². The summed E-state index contributed by atoms with van der Waals surface area (Å²) in [6.07, 6.45) is 16.0. The first kappa shape index (κ1) is 17.8. The Labute approximate surface area is 158 Å². The SMILES string of the molecule is c1ccc(-c2c[nH]c([C@@H](NCC3CCCCC3)C3CCCCC3)n2)cc1. The summed E-state index contributed by atoms with van der Waals surface area (Å²) in [5.41, 5.74) is 2.27. The number of imidazole rings is 1. The number of rotatable bonds is 6. The molecule has 140 valence electrons. The zero-order chi connectivity index (χ0) is 17.6. The predicted octanol–water partition coefficient (Wildman–Crippen LogP) is 5.87. The van der Waals surface area contributed by atoms with E-state index in [0.29, 0.717) is 6.04 Å². The molecule has 0 spiro atoms. The first-order valence-electron chi connectivity index (χ1n) is 10.7. The number of H-pyrrole nitrogens is 1. The van der Waals surface area contributed by atoms with Crippen molar-refractivity contribution in [2.45, 2.75) is 70.3 Å². The maximum atomic E-state index is 5.00. The Kier molecular flexibility index (Phi) is 6.06. The molecule has 3 nitrogen and oxygen atoms in total. The van der Waals surface area contributed by atoms with Gasteiger partial charge < -0.3 is 10.3 Å². The summed E-state index contributed by atoms with van der Waals surface area (Å²) in [7, 11) is 0. The van der Waals surface area contributed by atoms with Gasteiger partial charge in [-0.25, -0.2) is 4.98 Å². The molecule has 2 aromatic rings. The molecule has 2 saturated carbocycles. The number of hydrogen-bond donors (Lipinski definition) is 2. The molecule has 2 fully saturated rings. The number of nitrogens with zero attached hydrogens (tertiary/aromatic N) is 1. The van der Waals surface area contributed by atoms with Gasteiger partial charge in [-0.15, -0.1) is 0 Å². The maximum absolute atomic E-state index is 5.00. The van der Waals surface area contributed by atoms with Crippen LogP contribution in [0.4, 0.5) is 0 Å².